The van der Waals surface area contributed by atoms with Crippen LogP contribution in [-0.4, -0.2) is 0 Å². The first-order chi connectivity index (χ1) is 5.97. The molecular formula is C16H30. The maximum Gasteiger partial charge on any atom is -0.0184 e. The minimum absolute atomic E-state index is 0. The summed E-state index contributed by atoms with van der Waals surface area (Å²) in [5, 5.41) is 2.62. The standard InChI is InChI=1S/C10H8.C2H6.4CH4/c1-2-6-10-8-4-3-7-9(10)5-1;1-2;;;;/h1-8H;1-2H3;4*1H4. The van der Waals surface area contributed by atoms with Crippen LogP contribution in [0, 0.1) is 0 Å². The maximum absolute atomic E-state index is 2.12. The fourth-order valence-corrected chi connectivity index (χ4v) is 1.13. The van der Waals surface area contributed by atoms with Crippen LogP contribution in [0.1, 0.15) is 43.6 Å². The van der Waals surface area contributed by atoms with Crippen molar-refractivity contribution in [1.82, 2.24) is 0 Å². The van der Waals surface area contributed by atoms with E-state index in [1.165, 1.54) is 10.8 Å². The van der Waals surface area contributed by atoms with Gasteiger partial charge in [0.1, 0.15) is 0 Å². The molecule has 2 rings (SSSR count). The Labute approximate surface area is 103 Å². The fourth-order valence-electron chi connectivity index (χ4n) is 1.13. The van der Waals surface area contributed by atoms with Crippen LogP contribution in [0.3, 0.4) is 0 Å². The molecule has 0 amide bonds. The molecule has 0 saturated heterocycles. The van der Waals surface area contributed by atoms with Crippen LogP contribution < -0.4 is 0 Å². The normalized spacial score (nSPS) is 6.62. The number of hydrogen-bond acceptors (Lipinski definition) is 0. The summed E-state index contributed by atoms with van der Waals surface area (Å²) in [6.07, 6.45) is 0. The fraction of sp³-hybridized carbons (Fsp3) is 0.375. The van der Waals surface area contributed by atoms with Gasteiger partial charge in [-0.1, -0.05) is 92.1 Å². The molecule has 0 radical (unpaired) electrons. The van der Waals surface area contributed by atoms with E-state index >= 15 is 0 Å². The summed E-state index contributed by atoms with van der Waals surface area (Å²) < 4.78 is 0. The second kappa shape index (κ2) is 13.7. The molecule has 0 fully saturated rings. The molecule has 0 bridgehead atoms. The Morgan fingerprint density at radius 3 is 0.875 bits per heavy atom. The third-order valence-corrected chi connectivity index (χ3v) is 1.66. The first-order valence-electron chi connectivity index (χ1n) is 4.40. The monoisotopic (exact) mass is 222 g/mol. The van der Waals surface area contributed by atoms with Gasteiger partial charge in [-0.05, 0) is 10.8 Å². The molecule has 0 aromatic heterocycles. The topological polar surface area (TPSA) is 0 Å². The quantitative estimate of drug-likeness (QED) is 0.483. The van der Waals surface area contributed by atoms with Crippen LogP contribution in [0.25, 0.3) is 10.8 Å². The van der Waals surface area contributed by atoms with Gasteiger partial charge in [-0.25, -0.2) is 0 Å². The number of hydrogen-bond donors (Lipinski definition) is 0. The predicted molar refractivity (Wildman–Crippen MR) is 82.2 cm³/mol. The van der Waals surface area contributed by atoms with Gasteiger partial charge in [-0.15, -0.1) is 0 Å². The zero-order valence-electron chi connectivity index (χ0n) is 7.62. The Morgan fingerprint density at radius 1 is 0.500 bits per heavy atom. The van der Waals surface area contributed by atoms with E-state index in [1.54, 1.807) is 0 Å². The average Bonchev–Trinajstić information content (AvgIpc) is 2.21. The lowest BCUT2D eigenvalue weighted by Gasteiger charge is -1.92. The van der Waals surface area contributed by atoms with Gasteiger partial charge in [0.15, 0.2) is 0 Å². The summed E-state index contributed by atoms with van der Waals surface area (Å²) in [6, 6.07) is 16.7. The third kappa shape index (κ3) is 6.23. The van der Waals surface area contributed by atoms with Crippen LogP contribution >= 0.6 is 0 Å². The van der Waals surface area contributed by atoms with Gasteiger partial charge in [0.05, 0.1) is 0 Å². The highest BCUT2D eigenvalue weighted by Gasteiger charge is 1.85. The van der Waals surface area contributed by atoms with Crippen molar-refractivity contribution in [2.75, 3.05) is 0 Å². The highest BCUT2D eigenvalue weighted by molar-refractivity contribution is 5.81. The van der Waals surface area contributed by atoms with E-state index in [1.807, 2.05) is 13.8 Å². The zero-order chi connectivity index (χ0) is 8.81. The van der Waals surface area contributed by atoms with Crippen molar-refractivity contribution >= 4 is 10.8 Å². The minimum atomic E-state index is 0. The Morgan fingerprint density at radius 2 is 0.688 bits per heavy atom. The highest BCUT2D eigenvalue weighted by atomic mass is 13.9. The summed E-state index contributed by atoms with van der Waals surface area (Å²) in [4.78, 5) is 0. The van der Waals surface area contributed by atoms with Crippen molar-refractivity contribution in [3.8, 4) is 0 Å². The molecule has 0 aliphatic heterocycles. The molecule has 0 saturated carbocycles. The van der Waals surface area contributed by atoms with Gasteiger partial charge in [0, 0.05) is 0 Å². The number of fused-ring (bicyclic) bond motifs is 1. The van der Waals surface area contributed by atoms with Gasteiger partial charge in [-0.2, -0.15) is 0 Å². The summed E-state index contributed by atoms with van der Waals surface area (Å²) in [7, 11) is 0. The summed E-state index contributed by atoms with van der Waals surface area (Å²) in [5.41, 5.74) is 0. The van der Waals surface area contributed by atoms with Crippen molar-refractivity contribution in [3.63, 3.8) is 0 Å². The second-order valence-electron chi connectivity index (χ2n) is 2.35. The van der Waals surface area contributed by atoms with Crippen LogP contribution in [-0.2, 0) is 0 Å². The minimum Gasteiger partial charge on any atom is -0.0776 e. The summed E-state index contributed by atoms with van der Waals surface area (Å²) in [6.45, 7) is 4.00. The molecule has 16 heavy (non-hydrogen) atoms. The molecule has 0 atom stereocenters. The molecule has 2 aromatic carbocycles. The third-order valence-electron chi connectivity index (χ3n) is 1.66. The largest absolute Gasteiger partial charge is 0.0776 e. The first-order valence-corrected chi connectivity index (χ1v) is 4.40. The van der Waals surface area contributed by atoms with Crippen molar-refractivity contribution < 1.29 is 0 Å². The van der Waals surface area contributed by atoms with Gasteiger partial charge in [0.25, 0.3) is 0 Å². The molecule has 94 valence electrons. The molecule has 0 heterocycles. The summed E-state index contributed by atoms with van der Waals surface area (Å²) in [5.74, 6) is 0. The van der Waals surface area contributed by atoms with Gasteiger partial charge < -0.3 is 0 Å². The first kappa shape index (κ1) is 24.1. The van der Waals surface area contributed by atoms with Gasteiger partial charge in [0.2, 0.25) is 0 Å². The molecule has 0 heteroatoms. The van der Waals surface area contributed by atoms with Crippen molar-refractivity contribution in [2.45, 2.75) is 43.6 Å². The highest BCUT2D eigenvalue weighted by Crippen LogP contribution is 2.11. The molecule has 0 N–H and O–H groups in total. The van der Waals surface area contributed by atoms with Crippen LogP contribution in [0.5, 0.6) is 0 Å². The van der Waals surface area contributed by atoms with E-state index in [-0.39, 0.29) is 29.7 Å². The lowest BCUT2D eigenvalue weighted by atomic mass is 10.1. The molecule has 0 nitrogen and oxygen atoms in total. The maximum atomic E-state index is 2.12. The van der Waals surface area contributed by atoms with E-state index < -0.39 is 0 Å². The lowest BCUT2D eigenvalue weighted by molar-refractivity contribution is 1.50. The summed E-state index contributed by atoms with van der Waals surface area (Å²) >= 11 is 0. The Kier molecular flexibility index (Phi) is 20.6. The Bertz CT molecular complexity index is 271. The van der Waals surface area contributed by atoms with Crippen LogP contribution in [0.2, 0.25) is 0 Å². The van der Waals surface area contributed by atoms with E-state index in [0.717, 1.165) is 0 Å². The average molecular weight is 222 g/mol. The van der Waals surface area contributed by atoms with E-state index in [4.69, 9.17) is 0 Å². The van der Waals surface area contributed by atoms with Crippen molar-refractivity contribution in [3.05, 3.63) is 48.5 Å². The molecule has 0 aliphatic rings. The van der Waals surface area contributed by atoms with E-state index in [2.05, 4.69) is 48.5 Å². The molecule has 0 spiro atoms. The smallest absolute Gasteiger partial charge is 0.0184 e. The zero-order valence-corrected chi connectivity index (χ0v) is 7.62. The van der Waals surface area contributed by atoms with Gasteiger partial charge in [-0.3, -0.25) is 0 Å². The van der Waals surface area contributed by atoms with Gasteiger partial charge >= 0.3 is 0 Å². The van der Waals surface area contributed by atoms with E-state index in [9.17, 15) is 0 Å². The van der Waals surface area contributed by atoms with Crippen LogP contribution in [0.15, 0.2) is 48.5 Å². The number of benzene rings is 2. The molecule has 0 aliphatic carbocycles. The lowest BCUT2D eigenvalue weighted by Crippen LogP contribution is -1.67. The molecule has 2 aromatic rings. The number of rotatable bonds is 0. The SMILES string of the molecule is C.C.C.C.CC.c1ccc2ccccc2c1. The molecular weight excluding hydrogens is 192 g/mol. The molecule has 0 unspecified atom stereocenters. The Balaban J connectivity index is -0.000000114. The predicted octanol–water partition coefficient (Wildman–Crippen LogP) is 6.41. The van der Waals surface area contributed by atoms with Crippen molar-refractivity contribution in [2.24, 2.45) is 0 Å². The Hall–Kier alpha value is -1.30. The van der Waals surface area contributed by atoms with E-state index in [0.29, 0.717) is 0 Å². The second-order valence-corrected chi connectivity index (χ2v) is 2.35. The van der Waals surface area contributed by atoms with Crippen molar-refractivity contribution in [1.29, 1.82) is 0 Å². The van der Waals surface area contributed by atoms with Crippen LogP contribution in [0.4, 0.5) is 0 Å².